The molecular weight excluding hydrogens is 360 g/mol. The zero-order valence-electron chi connectivity index (χ0n) is 15.9. The molecule has 2 amide bonds. The Morgan fingerprint density at radius 2 is 1.74 bits per heavy atom. The maximum Gasteiger partial charge on any atom is 0.318 e. The summed E-state index contributed by atoms with van der Waals surface area (Å²) in [5.41, 5.74) is 2.60. The van der Waals surface area contributed by atoms with Crippen molar-refractivity contribution in [1.29, 1.82) is 5.26 Å². The number of urea groups is 1. The first-order chi connectivity index (χ1) is 12.9. The monoisotopic (exact) mass is 384 g/mol. The highest BCUT2D eigenvalue weighted by molar-refractivity contribution is 6.30. The molecule has 0 aliphatic carbocycles. The van der Waals surface area contributed by atoms with Crippen molar-refractivity contribution in [3.05, 3.63) is 70.2 Å². The van der Waals surface area contributed by atoms with E-state index in [2.05, 4.69) is 11.4 Å². The molecule has 2 aromatic rings. The fourth-order valence-electron chi connectivity index (χ4n) is 2.59. The summed E-state index contributed by atoms with van der Waals surface area (Å²) in [6.45, 7) is 3.80. The van der Waals surface area contributed by atoms with E-state index in [1.165, 1.54) is 0 Å². The predicted octanol–water partition coefficient (Wildman–Crippen LogP) is 4.05. The van der Waals surface area contributed by atoms with Crippen molar-refractivity contribution in [2.75, 3.05) is 27.2 Å². The van der Waals surface area contributed by atoms with Crippen LogP contribution < -0.4 is 5.32 Å². The van der Waals surface area contributed by atoms with Crippen molar-refractivity contribution in [2.24, 2.45) is 0 Å². The zero-order valence-corrected chi connectivity index (χ0v) is 16.7. The lowest BCUT2D eigenvalue weighted by molar-refractivity contribution is 0.185. The third-order valence-corrected chi connectivity index (χ3v) is 4.52. The van der Waals surface area contributed by atoms with Gasteiger partial charge in [0.25, 0.3) is 0 Å². The van der Waals surface area contributed by atoms with Gasteiger partial charge in [-0.2, -0.15) is 5.26 Å². The van der Waals surface area contributed by atoms with Crippen molar-refractivity contribution in [3.63, 3.8) is 0 Å². The highest BCUT2D eigenvalue weighted by Gasteiger charge is 2.17. The highest BCUT2D eigenvalue weighted by Crippen LogP contribution is 2.17. The fraction of sp³-hybridized carbons (Fsp3) is 0.333. The SMILES string of the molecule is CC(NC(=O)N(CCN(C)C)Cc1ccc(C#N)cc1)c1ccc(Cl)cc1. The molecule has 0 saturated carbocycles. The van der Waals surface area contributed by atoms with Gasteiger partial charge in [-0.05, 0) is 56.4 Å². The summed E-state index contributed by atoms with van der Waals surface area (Å²) < 4.78 is 0. The summed E-state index contributed by atoms with van der Waals surface area (Å²) in [7, 11) is 3.96. The van der Waals surface area contributed by atoms with E-state index in [9.17, 15) is 4.79 Å². The molecule has 0 radical (unpaired) electrons. The molecular formula is C21H25ClN4O. The van der Waals surface area contributed by atoms with Crippen LogP contribution in [0.4, 0.5) is 4.79 Å². The lowest BCUT2D eigenvalue weighted by atomic mass is 10.1. The number of nitrogens with zero attached hydrogens (tertiary/aromatic N) is 3. The molecule has 0 aliphatic heterocycles. The Morgan fingerprint density at radius 1 is 1.11 bits per heavy atom. The Balaban J connectivity index is 2.07. The Morgan fingerprint density at radius 3 is 2.30 bits per heavy atom. The molecule has 0 aromatic heterocycles. The molecule has 0 heterocycles. The van der Waals surface area contributed by atoms with Gasteiger partial charge in [0.2, 0.25) is 0 Å². The van der Waals surface area contributed by atoms with Gasteiger partial charge >= 0.3 is 6.03 Å². The smallest absolute Gasteiger partial charge is 0.318 e. The Kier molecular flexibility index (Phi) is 7.66. The molecule has 5 nitrogen and oxygen atoms in total. The van der Waals surface area contributed by atoms with Gasteiger partial charge in [-0.15, -0.1) is 0 Å². The van der Waals surface area contributed by atoms with Gasteiger partial charge in [0.05, 0.1) is 17.7 Å². The summed E-state index contributed by atoms with van der Waals surface area (Å²) in [6, 6.07) is 16.6. The van der Waals surface area contributed by atoms with E-state index < -0.39 is 0 Å². The topological polar surface area (TPSA) is 59.4 Å². The highest BCUT2D eigenvalue weighted by atomic mass is 35.5. The summed E-state index contributed by atoms with van der Waals surface area (Å²) in [5, 5.41) is 12.7. The van der Waals surface area contributed by atoms with Gasteiger partial charge in [-0.3, -0.25) is 0 Å². The van der Waals surface area contributed by atoms with Crippen molar-refractivity contribution in [2.45, 2.75) is 19.5 Å². The first kappa shape index (κ1) is 20.8. The van der Waals surface area contributed by atoms with Gasteiger partial charge in [0, 0.05) is 24.7 Å². The first-order valence-electron chi connectivity index (χ1n) is 8.83. The molecule has 2 rings (SSSR count). The first-order valence-corrected chi connectivity index (χ1v) is 9.21. The number of benzene rings is 2. The maximum absolute atomic E-state index is 12.9. The number of carbonyl (C=O) groups is 1. The molecule has 142 valence electrons. The molecule has 2 aromatic carbocycles. The Hall–Kier alpha value is -2.55. The second kappa shape index (κ2) is 9.96. The summed E-state index contributed by atoms with van der Waals surface area (Å²) in [4.78, 5) is 16.7. The average molecular weight is 385 g/mol. The molecule has 6 heteroatoms. The van der Waals surface area contributed by atoms with E-state index in [1.54, 1.807) is 17.0 Å². The normalized spacial score (nSPS) is 11.7. The molecule has 0 fully saturated rings. The average Bonchev–Trinajstić information content (AvgIpc) is 2.65. The molecule has 1 N–H and O–H groups in total. The standard InChI is InChI=1S/C21H25ClN4O/c1-16(19-8-10-20(22)11-9-19)24-21(27)26(13-12-25(2)3)15-18-6-4-17(14-23)5-7-18/h4-11,16H,12-13,15H2,1-3H3,(H,24,27). The maximum atomic E-state index is 12.9. The summed E-state index contributed by atoms with van der Waals surface area (Å²) in [6.07, 6.45) is 0. The van der Waals surface area contributed by atoms with Crippen LogP contribution in [0, 0.1) is 11.3 Å². The van der Waals surface area contributed by atoms with Crippen LogP contribution >= 0.6 is 11.6 Å². The van der Waals surface area contributed by atoms with Gasteiger partial charge in [-0.25, -0.2) is 4.79 Å². The van der Waals surface area contributed by atoms with Crippen LogP contribution in [0.15, 0.2) is 48.5 Å². The minimum absolute atomic E-state index is 0.122. The Bertz CT molecular complexity index is 781. The number of nitrogens with one attached hydrogen (secondary N) is 1. The predicted molar refractivity (Wildman–Crippen MR) is 109 cm³/mol. The number of halogens is 1. The molecule has 0 saturated heterocycles. The number of hydrogen-bond donors (Lipinski definition) is 1. The number of carbonyl (C=O) groups excluding carboxylic acids is 1. The van der Waals surface area contributed by atoms with Gasteiger partial charge < -0.3 is 15.1 Å². The molecule has 0 spiro atoms. The van der Waals surface area contributed by atoms with Crippen molar-refractivity contribution < 1.29 is 4.79 Å². The molecule has 0 aliphatic rings. The lowest BCUT2D eigenvalue weighted by Crippen LogP contribution is -2.43. The second-order valence-corrected chi connectivity index (χ2v) is 7.19. The van der Waals surface area contributed by atoms with Gasteiger partial charge in [0.1, 0.15) is 0 Å². The van der Waals surface area contributed by atoms with E-state index >= 15 is 0 Å². The minimum Gasteiger partial charge on any atom is -0.331 e. The van der Waals surface area contributed by atoms with Crippen LogP contribution in [0.25, 0.3) is 0 Å². The summed E-state index contributed by atoms with van der Waals surface area (Å²) in [5.74, 6) is 0. The van der Waals surface area contributed by atoms with Crippen molar-refractivity contribution in [3.8, 4) is 6.07 Å². The second-order valence-electron chi connectivity index (χ2n) is 6.76. The van der Waals surface area contributed by atoms with Crippen LogP contribution in [0.2, 0.25) is 5.02 Å². The number of hydrogen-bond acceptors (Lipinski definition) is 3. The van der Waals surface area contributed by atoms with Crippen molar-refractivity contribution >= 4 is 17.6 Å². The van der Waals surface area contributed by atoms with Gasteiger partial charge in [-0.1, -0.05) is 35.9 Å². The third kappa shape index (κ3) is 6.59. The number of rotatable bonds is 7. The molecule has 0 bridgehead atoms. The summed E-state index contributed by atoms with van der Waals surface area (Å²) >= 11 is 5.93. The zero-order chi connectivity index (χ0) is 19.8. The third-order valence-electron chi connectivity index (χ3n) is 4.27. The Labute approximate surface area is 166 Å². The number of nitriles is 1. The molecule has 1 atom stereocenters. The van der Waals surface area contributed by atoms with Crippen molar-refractivity contribution in [1.82, 2.24) is 15.1 Å². The van der Waals surface area contributed by atoms with E-state index in [0.29, 0.717) is 23.7 Å². The molecule has 27 heavy (non-hydrogen) atoms. The van der Waals surface area contributed by atoms with E-state index in [-0.39, 0.29) is 12.1 Å². The van der Waals surface area contributed by atoms with E-state index in [0.717, 1.165) is 17.7 Å². The van der Waals surface area contributed by atoms with E-state index in [4.69, 9.17) is 16.9 Å². The largest absolute Gasteiger partial charge is 0.331 e. The van der Waals surface area contributed by atoms with Crippen LogP contribution in [-0.4, -0.2) is 43.0 Å². The minimum atomic E-state index is -0.127. The molecule has 1 unspecified atom stereocenters. The van der Waals surface area contributed by atoms with Crippen LogP contribution in [-0.2, 0) is 6.54 Å². The van der Waals surface area contributed by atoms with Crippen LogP contribution in [0.3, 0.4) is 0 Å². The van der Waals surface area contributed by atoms with E-state index in [1.807, 2.05) is 62.3 Å². The fourth-order valence-corrected chi connectivity index (χ4v) is 2.72. The van der Waals surface area contributed by atoms with Crippen LogP contribution in [0.1, 0.15) is 29.7 Å². The van der Waals surface area contributed by atoms with Gasteiger partial charge in [0.15, 0.2) is 0 Å². The van der Waals surface area contributed by atoms with Crippen LogP contribution in [0.5, 0.6) is 0 Å². The number of amides is 2. The quantitative estimate of drug-likeness (QED) is 0.783. The number of likely N-dealkylation sites (N-methyl/N-ethyl adjacent to an activating group) is 1. The lowest BCUT2D eigenvalue weighted by Gasteiger charge is -2.27.